The van der Waals surface area contributed by atoms with Crippen molar-refractivity contribution in [2.75, 3.05) is 12.4 Å². The zero-order valence-corrected chi connectivity index (χ0v) is 10.4. The molecule has 2 rings (SSSR count). The maximum Gasteiger partial charge on any atom is 0.256 e. The van der Waals surface area contributed by atoms with E-state index in [1.165, 1.54) is 0 Å². The molecule has 4 nitrogen and oxygen atoms in total. The minimum Gasteiger partial charge on any atom is -0.497 e. The largest absolute Gasteiger partial charge is 0.497 e. The van der Waals surface area contributed by atoms with Crippen LogP contribution in [0.25, 0.3) is 0 Å². The van der Waals surface area contributed by atoms with Crippen LogP contribution in [0, 0.1) is 0 Å². The standard InChI is InChI=1S/C14H14N2O2/c1-16-8-6-11(7-9-16)14(17)15-12-4-3-5-13(10-12)18-2/h3-10H,1-2H3/p+1. The van der Waals surface area contributed by atoms with Crippen molar-refractivity contribution >= 4 is 11.6 Å². The van der Waals surface area contributed by atoms with Crippen LogP contribution >= 0.6 is 0 Å². The highest BCUT2D eigenvalue weighted by Gasteiger charge is 2.07. The Bertz CT molecular complexity index is 550. The first-order valence-electron chi connectivity index (χ1n) is 5.60. The number of rotatable bonds is 3. The van der Waals surface area contributed by atoms with Crippen LogP contribution in [0.1, 0.15) is 10.4 Å². The lowest BCUT2D eigenvalue weighted by Crippen LogP contribution is -2.27. The van der Waals surface area contributed by atoms with Gasteiger partial charge in [-0.2, -0.15) is 0 Å². The third kappa shape index (κ3) is 2.85. The number of anilines is 1. The molecule has 0 saturated heterocycles. The van der Waals surface area contributed by atoms with E-state index in [1.807, 2.05) is 42.2 Å². The van der Waals surface area contributed by atoms with E-state index < -0.39 is 0 Å². The Balaban J connectivity index is 2.13. The van der Waals surface area contributed by atoms with Crippen LogP contribution in [0.15, 0.2) is 48.8 Å². The van der Waals surface area contributed by atoms with Crippen LogP contribution < -0.4 is 14.6 Å². The lowest BCUT2D eigenvalue weighted by Gasteiger charge is -2.06. The van der Waals surface area contributed by atoms with Gasteiger partial charge in [0.05, 0.1) is 12.7 Å². The van der Waals surface area contributed by atoms with Crippen molar-refractivity contribution in [1.82, 2.24) is 0 Å². The van der Waals surface area contributed by atoms with Crippen molar-refractivity contribution < 1.29 is 14.1 Å². The van der Waals surface area contributed by atoms with E-state index in [0.717, 1.165) is 0 Å². The Morgan fingerprint density at radius 3 is 2.61 bits per heavy atom. The highest BCUT2D eigenvalue weighted by molar-refractivity contribution is 6.04. The van der Waals surface area contributed by atoms with E-state index in [2.05, 4.69) is 5.32 Å². The lowest BCUT2D eigenvalue weighted by molar-refractivity contribution is -0.671. The molecule has 0 fully saturated rings. The minimum atomic E-state index is -0.135. The van der Waals surface area contributed by atoms with Crippen molar-refractivity contribution in [2.24, 2.45) is 7.05 Å². The highest BCUT2D eigenvalue weighted by atomic mass is 16.5. The third-order valence-electron chi connectivity index (χ3n) is 2.57. The fraction of sp³-hybridized carbons (Fsp3) is 0.143. The molecule has 0 radical (unpaired) electrons. The summed E-state index contributed by atoms with van der Waals surface area (Å²) in [7, 11) is 3.50. The van der Waals surface area contributed by atoms with Gasteiger partial charge in [0.15, 0.2) is 12.4 Å². The number of methoxy groups -OCH3 is 1. The van der Waals surface area contributed by atoms with Gasteiger partial charge in [-0.1, -0.05) is 6.07 Å². The van der Waals surface area contributed by atoms with Gasteiger partial charge < -0.3 is 10.1 Å². The Hall–Kier alpha value is -2.36. The van der Waals surface area contributed by atoms with Crippen molar-refractivity contribution in [3.63, 3.8) is 0 Å². The summed E-state index contributed by atoms with van der Waals surface area (Å²) in [4.78, 5) is 12.0. The minimum absolute atomic E-state index is 0.135. The normalized spacial score (nSPS) is 9.89. The SMILES string of the molecule is COc1cccc(NC(=O)c2cc[n+](C)cc2)c1. The molecule has 4 heteroatoms. The summed E-state index contributed by atoms with van der Waals surface area (Å²) in [6, 6.07) is 10.8. The molecule has 0 aliphatic carbocycles. The van der Waals surface area contributed by atoms with Crippen molar-refractivity contribution in [2.45, 2.75) is 0 Å². The first kappa shape index (κ1) is 12.1. The molecule has 2 aromatic rings. The van der Waals surface area contributed by atoms with Gasteiger partial charge in [-0.15, -0.1) is 0 Å². The van der Waals surface area contributed by atoms with Gasteiger partial charge in [0, 0.05) is 23.9 Å². The summed E-state index contributed by atoms with van der Waals surface area (Å²) in [5.41, 5.74) is 1.34. The van der Waals surface area contributed by atoms with Crippen LogP contribution in [0.5, 0.6) is 5.75 Å². The molecule has 1 aromatic heterocycles. The molecule has 0 saturated carbocycles. The van der Waals surface area contributed by atoms with E-state index in [1.54, 1.807) is 25.3 Å². The number of carbonyl (C=O) groups excluding carboxylic acids is 1. The molecule has 0 spiro atoms. The molecule has 1 aromatic carbocycles. The fourth-order valence-corrected chi connectivity index (χ4v) is 1.56. The molecule has 18 heavy (non-hydrogen) atoms. The summed E-state index contributed by atoms with van der Waals surface area (Å²) in [5.74, 6) is 0.580. The molecule has 0 aliphatic rings. The molecule has 1 N–H and O–H groups in total. The number of nitrogens with one attached hydrogen (secondary N) is 1. The number of benzene rings is 1. The van der Waals surface area contributed by atoms with Gasteiger partial charge in [0.1, 0.15) is 12.8 Å². The van der Waals surface area contributed by atoms with E-state index in [0.29, 0.717) is 17.0 Å². The Morgan fingerprint density at radius 1 is 1.22 bits per heavy atom. The van der Waals surface area contributed by atoms with Crippen molar-refractivity contribution in [3.8, 4) is 5.75 Å². The Labute approximate surface area is 106 Å². The average molecular weight is 243 g/mol. The predicted octanol–water partition coefficient (Wildman–Crippen LogP) is 1.77. The van der Waals surface area contributed by atoms with Crippen LogP contribution in [-0.4, -0.2) is 13.0 Å². The highest BCUT2D eigenvalue weighted by Crippen LogP contribution is 2.17. The predicted molar refractivity (Wildman–Crippen MR) is 68.6 cm³/mol. The first-order valence-corrected chi connectivity index (χ1v) is 5.60. The number of carbonyl (C=O) groups is 1. The van der Waals surface area contributed by atoms with Crippen LogP contribution in [0.2, 0.25) is 0 Å². The lowest BCUT2D eigenvalue weighted by atomic mass is 10.2. The van der Waals surface area contributed by atoms with Gasteiger partial charge in [-0.05, 0) is 12.1 Å². The summed E-state index contributed by atoms with van der Waals surface area (Å²) in [5, 5.41) is 2.82. The van der Waals surface area contributed by atoms with Crippen LogP contribution in [0.3, 0.4) is 0 Å². The summed E-state index contributed by atoms with van der Waals surface area (Å²) in [6.45, 7) is 0. The maximum absolute atomic E-state index is 12.0. The van der Waals surface area contributed by atoms with Gasteiger partial charge in [-0.3, -0.25) is 4.79 Å². The van der Waals surface area contributed by atoms with Gasteiger partial charge in [0.2, 0.25) is 0 Å². The second-order valence-electron chi connectivity index (χ2n) is 3.94. The summed E-state index contributed by atoms with van der Waals surface area (Å²) >= 11 is 0. The number of nitrogens with zero attached hydrogens (tertiary/aromatic N) is 1. The van der Waals surface area contributed by atoms with E-state index in [4.69, 9.17) is 4.74 Å². The topological polar surface area (TPSA) is 42.2 Å². The van der Waals surface area contributed by atoms with Crippen molar-refractivity contribution in [1.29, 1.82) is 0 Å². The second-order valence-corrected chi connectivity index (χ2v) is 3.94. The van der Waals surface area contributed by atoms with Crippen molar-refractivity contribution in [3.05, 3.63) is 54.4 Å². The van der Waals surface area contributed by atoms with Gasteiger partial charge >= 0.3 is 0 Å². The average Bonchev–Trinajstić information content (AvgIpc) is 2.39. The smallest absolute Gasteiger partial charge is 0.256 e. The maximum atomic E-state index is 12.0. The fourth-order valence-electron chi connectivity index (χ4n) is 1.56. The molecule has 0 unspecified atom stereocenters. The second kappa shape index (κ2) is 5.31. The number of hydrogen-bond donors (Lipinski definition) is 1. The van der Waals surface area contributed by atoms with E-state index in [-0.39, 0.29) is 5.91 Å². The number of aromatic nitrogens is 1. The monoisotopic (exact) mass is 243 g/mol. The molecule has 1 amide bonds. The molecule has 0 atom stereocenters. The number of pyridine rings is 1. The number of amides is 1. The zero-order valence-electron chi connectivity index (χ0n) is 10.4. The number of aryl methyl sites for hydroxylation is 1. The molecular weight excluding hydrogens is 228 g/mol. The van der Waals surface area contributed by atoms with Gasteiger partial charge in [0.25, 0.3) is 5.91 Å². The van der Waals surface area contributed by atoms with Crippen LogP contribution in [-0.2, 0) is 7.05 Å². The number of ether oxygens (including phenoxy) is 1. The third-order valence-corrected chi connectivity index (χ3v) is 2.57. The van der Waals surface area contributed by atoms with Crippen LogP contribution in [0.4, 0.5) is 5.69 Å². The summed E-state index contributed by atoms with van der Waals surface area (Å²) < 4.78 is 6.98. The Kier molecular flexibility index (Phi) is 3.57. The Morgan fingerprint density at radius 2 is 1.94 bits per heavy atom. The van der Waals surface area contributed by atoms with Gasteiger partial charge in [-0.25, -0.2) is 4.57 Å². The first-order chi connectivity index (χ1) is 8.69. The zero-order chi connectivity index (χ0) is 13.0. The molecule has 0 aliphatic heterocycles. The summed E-state index contributed by atoms with van der Waals surface area (Å²) in [6.07, 6.45) is 3.67. The molecule has 92 valence electrons. The molecule has 1 heterocycles. The van der Waals surface area contributed by atoms with E-state index >= 15 is 0 Å². The molecular formula is C14H15N2O2+. The molecule has 0 bridgehead atoms. The van der Waals surface area contributed by atoms with E-state index in [9.17, 15) is 4.79 Å². The quantitative estimate of drug-likeness (QED) is 0.835. The number of hydrogen-bond acceptors (Lipinski definition) is 2.